The van der Waals surface area contributed by atoms with Crippen molar-refractivity contribution in [3.63, 3.8) is 0 Å². The van der Waals surface area contributed by atoms with Crippen LogP contribution >= 0.6 is 15.9 Å². The van der Waals surface area contributed by atoms with Crippen molar-refractivity contribution in [1.82, 2.24) is 0 Å². The first kappa shape index (κ1) is 15.8. The molecule has 8 heteroatoms. The van der Waals surface area contributed by atoms with Crippen LogP contribution in [0.25, 0.3) is 0 Å². The lowest BCUT2D eigenvalue weighted by Crippen LogP contribution is -2.41. The molecule has 4 nitrogen and oxygen atoms in total. The Labute approximate surface area is 115 Å². The topological polar surface area (TPSA) is 69.6 Å². The molecule has 106 valence electrons. The van der Waals surface area contributed by atoms with E-state index in [1.165, 1.54) is 12.1 Å². The number of hydrogen-bond donors (Lipinski definition) is 3. The van der Waals surface area contributed by atoms with Crippen molar-refractivity contribution in [2.24, 2.45) is 0 Å². The van der Waals surface area contributed by atoms with Gasteiger partial charge in [0.2, 0.25) is 0 Å². The first-order valence-corrected chi connectivity index (χ1v) is 5.90. The third kappa shape index (κ3) is 4.10. The van der Waals surface area contributed by atoms with E-state index in [1.54, 1.807) is 0 Å². The fourth-order valence-corrected chi connectivity index (χ4v) is 1.67. The summed E-state index contributed by atoms with van der Waals surface area (Å²) in [7, 11) is 0. The van der Waals surface area contributed by atoms with Gasteiger partial charge < -0.3 is 15.5 Å². The predicted octanol–water partition coefficient (Wildman–Crippen LogP) is 2.72. The van der Waals surface area contributed by atoms with Gasteiger partial charge in [0.25, 0.3) is 0 Å². The number of nitrogens with one attached hydrogen (secondary N) is 1. The molecule has 0 saturated heterocycles. The summed E-state index contributed by atoms with van der Waals surface area (Å²) in [6, 6.07) is 3.37. The maximum atomic E-state index is 12.6. The highest BCUT2D eigenvalue weighted by molar-refractivity contribution is 9.10. The number of halogens is 4. The maximum Gasteiger partial charge on any atom is 0.417 e. The van der Waals surface area contributed by atoms with Crippen LogP contribution in [0.3, 0.4) is 0 Å². The van der Waals surface area contributed by atoms with Gasteiger partial charge in [-0.15, -0.1) is 0 Å². The van der Waals surface area contributed by atoms with Crippen LogP contribution in [0, 0.1) is 0 Å². The van der Waals surface area contributed by atoms with Crippen molar-refractivity contribution in [3.05, 3.63) is 28.2 Å². The normalized spacial score (nSPS) is 14.8. The van der Waals surface area contributed by atoms with Crippen molar-refractivity contribution in [2.45, 2.75) is 18.7 Å². The van der Waals surface area contributed by atoms with Crippen molar-refractivity contribution < 1.29 is 28.2 Å². The standard InChI is InChI=1S/C11H11BrF3NO3/c1-10(19,9(17)18)5-16-6-2-3-8(12)7(4-6)11(13,14)15/h2-4,16,19H,5H2,1H3,(H,17,18). The Morgan fingerprint density at radius 2 is 2.00 bits per heavy atom. The highest BCUT2D eigenvalue weighted by Crippen LogP contribution is 2.36. The molecular formula is C11H11BrF3NO3. The van der Waals surface area contributed by atoms with Crippen molar-refractivity contribution >= 4 is 27.6 Å². The zero-order valence-electron chi connectivity index (χ0n) is 9.75. The zero-order chi connectivity index (χ0) is 14.8. The summed E-state index contributed by atoms with van der Waals surface area (Å²) in [5, 5.41) is 20.6. The maximum absolute atomic E-state index is 12.6. The first-order chi connectivity index (χ1) is 8.54. The van der Waals surface area contributed by atoms with Gasteiger partial charge in [0.05, 0.1) is 12.1 Å². The van der Waals surface area contributed by atoms with Gasteiger partial charge >= 0.3 is 12.1 Å². The lowest BCUT2D eigenvalue weighted by atomic mass is 10.1. The fourth-order valence-electron chi connectivity index (χ4n) is 1.20. The lowest BCUT2D eigenvalue weighted by molar-refractivity contribution is -0.155. The summed E-state index contributed by atoms with van der Waals surface area (Å²) in [4.78, 5) is 10.6. The van der Waals surface area contributed by atoms with E-state index in [0.717, 1.165) is 13.0 Å². The van der Waals surface area contributed by atoms with Gasteiger partial charge in [0.1, 0.15) is 0 Å². The Hall–Kier alpha value is -1.28. The molecule has 3 N–H and O–H groups in total. The average Bonchev–Trinajstić information content (AvgIpc) is 2.26. The third-order valence-corrected chi connectivity index (χ3v) is 3.06. The molecule has 0 spiro atoms. The number of benzene rings is 1. The van der Waals surface area contributed by atoms with Gasteiger partial charge in [-0.05, 0) is 25.1 Å². The van der Waals surface area contributed by atoms with Gasteiger partial charge in [-0.2, -0.15) is 13.2 Å². The molecule has 1 atom stereocenters. The number of carbonyl (C=O) groups is 1. The van der Waals surface area contributed by atoms with Crippen LogP contribution < -0.4 is 5.32 Å². The molecule has 0 bridgehead atoms. The molecule has 0 fully saturated rings. The van der Waals surface area contributed by atoms with Gasteiger partial charge in [0, 0.05) is 10.2 Å². The van der Waals surface area contributed by atoms with E-state index in [9.17, 15) is 23.1 Å². The molecule has 0 aliphatic carbocycles. The molecular weight excluding hydrogens is 331 g/mol. The molecule has 1 unspecified atom stereocenters. The largest absolute Gasteiger partial charge is 0.479 e. The van der Waals surface area contributed by atoms with Crippen molar-refractivity contribution in [1.29, 1.82) is 0 Å². The second kappa shape index (κ2) is 5.38. The molecule has 0 saturated carbocycles. The smallest absolute Gasteiger partial charge is 0.417 e. The highest BCUT2D eigenvalue weighted by Gasteiger charge is 2.34. The van der Waals surface area contributed by atoms with Gasteiger partial charge in [-0.1, -0.05) is 15.9 Å². The quantitative estimate of drug-likeness (QED) is 0.787. The second-order valence-corrected chi connectivity index (χ2v) is 4.98. The Morgan fingerprint density at radius 1 is 1.42 bits per heavy atom. The molecule has 0 aliphatic heterocycles. The van der Waals surface area contributed by atoms with Crippen LogP contribution in [-0.2, 0) is 11.0 Å². The predicted molar refractivity (Wildman–Crippen MR) is 65.9 cm³/mol. The Bertz CT molecular complexity index is 489. The Kier molecular flexibility index (Phi) is 4.46. The number of aliphatic hydroxyl groups is 1. The summed E-state index contributed by atoms with van der Waals surface area (Å²) in [6.45, 7) is 0.632. The Morgan fingerprint density at radius 3 is 2.47 bits per heavy atom. The third-order valence-electron chi connectivity index (χ3n) is 2.37. The van der Waals surface area contributed by atoms with Crippen LogP contribution in [0.2, 0.25) is 0 Å². The summed E-state index contributed by atoms with van der Waals surface area (Å²) in [5.41, 5.74) is -2.88. The van der Waals surface area contributed by atoms with E-state index in [0.29, 0.717) is 0 Å². The summed E-state index contributed by atoms with van der Waals surface area (Å²) >= 11 is 2.79. The minimum absolute atomic E-state index is 0.0667. The van der Waals surface area contributed by atoms with Gasteiger partial charge in [-0.3, -0.25) is 0 Å². The van der Waals surface area contributed by atoms with E-state index >= 15 is 0 Å². The first-order valence-electron chi connectivity index (χ1n) is 5.10. The summed E-state index contributed by atoms with van der Waals surface area (Å²) in [6.07, 6.45) is -4.52. The summed E-state index contributed by atoms with van der Waals surface area (Å²) < 4.78 is 37.8. The molecule has 0 heterocycles. The van der Waals surface area contributed by atoms with Gasteiger partial charge in [0.15, 0.2) is 5.60 Å². The minimum atomic E-state index is -4.52. The number of hydrogen-bond acceptors (Lipinski definition) is 3. The van der Waals surface area contributed by atoms with E-state index in [2.05, 4.69) is 21.2 Å². The van der Waals surface area contributed by atoms with E-state index < -0.39 is 29.9 Å². The van der Waals surface area contributed by atoms with Crippen molar-refractivity contribution in [3.8, 4) is 0 Å². The average molecular weight is 342 g/mol. The lowest BCUT2D eigenvalue weighted by Gasteiger charge is -2.20. The molecule has 19 heavy (non-hydrogen) atoms. The molecule has 0 aliphatic rings. The number of carboxylic acid groups (broad SMARTS) is 1. The Balaban J connectivity index is 2.90. The molecule has 1 aromatic carbocycles. The number of rotatable bonds is 4. The molecule has 1 aromatic rings. The second-order valence-electron chi connectivity index (χ2n) is 4.12. The van der Waals surface area contributed by atoms with E-state index in [1.807, 2.05) is 0 Å². The number of alkyl halides is 3. The number of aliphatic carboxylic acids is 1. The van der Waals surface area contributed by atoms with Crippen LogP contribution in [0.4, 0.5) is 18.9 Å². The van der Waals surface area contributed by atoms with E-state index in [4.69, 9.17) is 5.11 Å². The van der Waals surface area contributed by atoms with Crippen LogP contribution in [0.1, 0.15) is 12.5 Å². The summed E-state index contributed by atoms with van der Waals surface area (Å²) in [5.74, 6) is -1.46. The SMILES string of the molecule is CC(O)(CNc1ccc(Br)c(C(F)(F)F)c1)C(=O)O. The molecule has 0 radical (unpaired) electrons. The fraction of sp³-hybridized carbons (Fsp3) is 0.364. The van der Waals surface area contributed by atoms with Crippen molar-refractivity contribution in [2.75, 3.05) is 11.9 Å². The minimum Gasteiger partial charge on any atom is -0.479 e. The molecule has 1 rings (SSSR count). The molecule has 0 aromatic heterocycles. The van der Waals surface area contributed by atoms with Gasteiger partial charge in [-0.25, -0.2) is 4.79 Å². The van der Waals surface area contributed by atoms with Crippen LogP contribution in [-0.4, -0.2) is 28.3 Å². The number of anilines is 1. The monoisotopic (exact) mass is 341 g/mol. The highest BCUT2D eigenvalue weighted by atomic mass is 79.9. The number of carboxylic acids is 1. The molecule has 0 amide bonds. The zero-order valence-corrected chi connectivity index (χ0v) is 11.3. The van der Waals surface area contributed by atoms with Crippen LogP contribution in [0.5, 0.6) is 0 Å². The van der Waals surface area contributed by atoms with E-state index in [-0.39, 0.29) is 10.2 Å². The van der Waals surface area contributed by atoms with Crippen LogP contribution in [0.15, 0.2) is 22.7 Å².